The molecular weight excluding hydrogens is 350 g/mol. The summed E-state index contributed by atoms with van der Waals surface area (Å²) in [5.41, 5.74) is 4.52. The molecule has 28 heavy (non-hydrogen) atoms. The Morgan fingerprint density at radius 2 is 2.00 bits per heavy atom. The van der Waals surface area contributed by atoms with Crippen molar-refractivity contribution in [3.05, 3.63) is 53.0 Å². The lowest BCUT2D eigenvalue weighted by molar-refractivity contribution is 0.488. The molecule has 0 fully saturated rings. The summed E-state index contributed by atoms with van der Waals surface area (Å²) >= 11 is 0. The fourth-order valence-electron chi connectivity index (χ4n) is 3.54. The zero-order valence-electron chi connectivity index (χ0n) is 17.5. The fraction of sp³-hybridized carbons (Fsp3) is 0.455. The van der Waals surface area contributed by atoms with Crippen LogP contribution in [0.15, 0.2) is 39.7 Å². The summed E-state index contributed by atoms with van der Waals surface area (Å²) in [6.07, 6.45) is 1.87. The number of fused-ring (bicyclic) bond motifs is 1. The second kappa shape index (κ2) is 8.95. The highest BCUT2D eigenvalue weighted by Gasteiger charge is 2.15. The third-order valence-corrected chi connectivity index (χ3v) is 4.99. The molecule has 0 aliphatic carbocycles. The Morgan fingerprint density at radius 3 is 2.68 bits per heavy atom. The molecule has 6 nitrogen and oxygen atoms in total. The zero-order chi connectivity index (χ0) is 20.1. The van der Waals surface area contributed by atoms with Gasteiger partial charge in [-0.15, -0.1) is 0 Å². The number of benzene rings is 1. The number of aryl methyl sites for hydroxylation is 2. The minimum absolute atomic E-state index is 0.00962. The van der Waals surface area contributed by atoms with Gasteiger partial charge in [0.1, 0.15) is 11.3 Å². The first-order valence-corrected chi connectivity index (χ1v) is 10.1. The zero-order valence-corrected chi connectivity index (χ0v) is 17.5. The lowest BCUT2D eigenvalue weighted by Crippen LogP contribution is -2.38. The Labute approximate surface area is 167 Å². The van der Waals surface area contributed by atoms with Crippen LogP contribution in [0.3, 0.4) is 0 Å². The van der Waals surface area contributed by atoms with E-state index in [4.69, 9.17) is 9.41 Å². The summed E-state index contributed by atoms with van der Waals surface area (Å²) < 4.78 is 7.98. The standard InChI is InChI=1S/C22H31N5O/c1-6-18-17(19(7-2)27(5)26-18)14-24-22(23-8-3)25-15(4)21-13-16-11-9-10-12-20(16)28-21/h9-13,15H,6-8,14H2,1-5H3,(H2,23,24,25). The Kier molecular flexibility index (Phi) is 6.39. The van der Waals surface area contributed by atoms with E-state index in [9.17, 15) is 0 Å². The largest absolute Gasteiger partial charge is 0.459 e. The van der Waals surface area contributed by atoms with Crippen LogP contribution in [0.2, 0.25) is 0 Å². The average Bonchev–Trinajstić information content (AvgIpc) is 3.26. The second-order valence-electron chi connectivity index (χ2n) is 6.95. The van der Waals surface area contributed by atoms with Crippen LogP contribution >= 0.6 is 0 Å². The molecule has 3 aromatic rings. The highest BCUT2D eigenvalue weighted by Crippen LogP contribution is 2.23. The molecule has 0 radical (unpaired) electrons. The number of para-hydroxylation sites is 1. The van der Waals surface area contributed by atoms with Crippen LogP contribution in [-0.4, -0.2) is 22.3 Å². The molecule has 3 rings (SSSR count). The van der Waals surface area contributed by atoms with Gasteiger partial charge in [-0.3, -0.25) is 4.68 Å². The van der Waals surface area contributed by atoms with Crippen molar-refractivity contribution in [2.45, 2.75) is 53.1 Å². The van der Waals surface area contributed by atoms with E-state index in [0.717, 1.165) is 47.8 Å². The summed E-state index contributed by atoms with van der Waals surface area (Å²) in [4.78, 5) is 4.83. The first-order valence-electron chi connectivity index (χ1n) is 10.1. The molecule has 6 heteroatoms. The molecule has 0 bridgehead atoms. The summed E-state index contributed by atoms with van der Waals surface area (Å²) in [5.74, 6) is 1.68. The molecule has 150 valence electrons. The first kappa shape index (κ1) is 20.0. The second-order valence-corrected chi connectivity index (χ2v) is 6.95. The number of nitrogens with zero attached hydrogens (tertiary/aromatic N) is 3. The van der Waals surface area contributed by atoms with E-state index in [-0.39, 0.29) is 6.04 Å². The highest BCUT2D eigenvalue weighted by molar-refractivity contribution is 5.81. The van der Waals surface area contributed by atoms with E-state index >= 15 is 0 Å². The molecule has 0 aliphatic heterocycles. The topological polar surface area (TPSA) is 67.4 Å². The number of furan rings is 1. The van der Waals surface area contributed by atoms with Crippen molar-refractivity contribution < 1.29 is 4.42 Å². The van der Waals surface area contributed by atoms with Crippen molar-refractivity contribution in [3.63, 3.8) is 0 Å². The first-order chi connectivity index (χ1) is 13.6. The fourth-order valence-corrected chi connectivity index (χ4v) is 3.54. The number of hydrogen-bond donors (Lipinski definition) is 2. The summed E-state index contributed by atoms with van der Waals surface area (Å²) in [7, 11) is 2.01. The third kappa shape index (κ3) is 4.21. The Morgan fingerprint density at radius 1 is 1.21 bits per heavy atom. The number of rotatable bonds is 7. The molecule has 2 N–H and O–H groups in total. The van der Waals surface area contributed by atoms with Gasteiger partial charge < -0.3 is 15.1 Å². The van der Waals surface area contributed by atoms with Gasteiger partial charge in [0, 0.05) is 30.2 Å². The predicted molar refractivity (Wildman–Crippen MR) is 115 cm³/mol. The minimum Gasteiger partial charge on any atom is -0.459 e. The van der Waals surface area contributed by atoms with Gasteiger partial charge in [0.05, 0.1) is 18.3 Å². The quantitative estimate of drug-likeness (QED) is 0.477. The van der Waals surface area contributed by atoms with Gasteiger partial charge in [-0.05, 0) is 38.8 Å². The number of aliphatic imine (C=N–C) groups is 1. The van der Waals surface area contributed by atoms with E-state index in [2.05, 4.69) is 55.6 Å². The summed E-state index contributed by atoms with van der Waals surface area (Å²) in [5, 5.41) is 12.6. The van der Waals surface area contributed by atoms with Crippen LogP contribution in [0.25, 0.3) is 11.0 Å². The van der Waals surface area contributed by atoms with Crippen molar-refractivity contribution in [3.8, 4) is 0 Å². The summed E-state index contributed by atoms with van der Waals surface area (Å²) in [6, 6.07) is 10.2. The van der Waals surface area contributed by atoms with Crippen molar-refractivity contribution in [1.29, 1.82) is 0 Å². The van der Waals surface area contributed by atoms with E-state index in [1.807, 2.05) is 29.9 Å². The van der Waals surface area contributed by atoms with Crippen LogP contribution in [-0.2, 0) is 26.4 Å². The van der Waals surface area contributed by atoms with Crippen molar-refractivity contribution >= 4 is 16.9 Å². The van der Waals surface area contributed by atoms with Crippen molar-refractivity contribution in [2.24, 2.45) is 12.0 Å². The number of guanidine groups is 1. The predicted octanol–water partition coefficient (Wildman–Crippen LogP) is 4.11. The molecule has 2 aromatic heterocycles. The molecule has 0 aliphatic rings. The van der Waals surface area contributed by atoms with E-state index < -0.39 is 0 Å². The number of hydrogen-bond acceptors (Lipinski definition) is 3. The smallest absolute Gasteiger partial charge is 0.192 e. The molecule has 0 spiro atoms. The van der Waals surface area contributed by atoms with Crippen LogP contribution in [0.5, 0.6) is 0 Å². The molecule has 1 unspecified atom stereocenters. The molecule has 0 saturated carbocycles. The number of aromatic nitrogens is 2. The van der Waals surface area contributed by atoms with E-state index in [1.54, 1.807) is 0 Å². The SMILES string of the molecule is CCNC(=NCc1c(CC)nn(C)c1CC)NC(C)c1cc2ccccc2o1. The third-order valence-electron chi connectivity index (χ3n) is 4.99. The van der Waals surface area contributed by atoms with Crippen molar-refractivity contribution in [2.75, 3.05) is 6.54 Å². The Balaban J connectivity index is 1.79. The maximum absolute atomic E-state index is 5.99. The van der Waals surface area contributed by atoms with Crippen LogP contribution in [0.1, 0.15) is 56.4 Å². The number of nitrogens with one attached hydrogen (secondary N) is 2. The Hall–Kier alpha value is -2.76. The van der Waals surface area contributed by atoms with Gasteiger partial charge in [0.15, 0.2) is 5.96 Å². The van der Waals surface area contributed by atoms with Gasteiger partial charge >= 0.3 is 0 Å². The Bertz CT molecular complexity index is 920. The normalized spacial score (nSPS) is 13.1. The molecule has 0 saturated heterocycles. The van der Waals surface area contributed by atoms with Crippen molar-refractivity contribution in [1.82, 2.24) is 20.4 Å². The van der Waals surface area contributed by atoms with Gasteiger partial charge in [0.2, 0.25) is 0 Å². The minimum atomic E-state index is 0.00962. The van der Waals surface area contributed by atoms with E-state index in [0.29, 0.717) is 6.54 Å². The molecule has 1 atom stereocenters. The van der Waals surface area contributed by atoms with Gasteiger partial charge in [-0.2, -0.15) is 5.10 Å². The van der Waals surface area contributed by atoms with E-state index in [1.165, 1.54) is 11.3 Å². The highest BCUT2D eigenvalue weighted by atomic mass is 16.3. The molecule has 1 aromatic carbocycles. The molecular formula is C22H31N5O. The average molecular weight is 382 g/mol. The van der Waals surface area contributed by atoms with Crippen LogP contribution < -0.4 is 10.6 Å². The monoisotopic (exact) mass is 381 g/mol. The van der Waals surface area contributed by atoms with Gasteiger partial charge in [-0.25, -0.2) is 4.99 Å². The summed E-state index contributed by atoms with van der Waals surface area (Å²) in [6.45, 7) is 9.87. The molecule has 0 amide bonds. The van der Waals surface area contributed by atoms with Gasteiger partial charge in [-0.1, -0.05) is 32.0 Å². The van der Waals surface area contributed by atoms with Crippen LogP contribution in [0.4, 0.5) is 0 Å². The van der Waals surface area contributed by atoms with Gasteiger partial charge in [0.25, 0.3) is 0 Å². The van der Waals surface area contributed by atoms with Crippen LogP contribution in [0, 0.1) is 0 Å². The maximum Gasteiger partial charge on any atom is 0.192 e. The maximum atomic E-state index is 5.99. The lowest BCUT2D eigenvalue weighted by atomic mass is 10.1. The molecule has 2 heterocycles. The lowest BCUT2D eigenvalue weighted by Gasteiger charge is -2.16.